The Bertz CT molecular complexity index is 201. The van der Waals surface area contributed by atoms with Gasteiger partial charge in [-0.2, -0.15) is 0 Å². The Morgan fingerprint density at radius 2 is 1.90 bits per heavy atom. The molecule has 0 radical (unpaired) electrons. The van der Waals surface area contributed by atoms with Gasteiger partial charge in [0, 0.05) is 0 Å². The van der Waals surface area contributed by atoms with Crippen LogP contribution in [0.25, 0.3) is 0 Å². The van der Waals surface area contributed by atoms with Crippen LogP contribution < -0.4 is 0 Å². The first-order chi connectivity index (χ1) is 4.55. The third kappa shape index (κ3) is 1.08. The SMILES string of the molecule is CC1=C(C)C(C)[C]([Ru])=C1[SiH3]. The second-order valence-electron chi connectivity index (χ2n) is 2.99. The fourth-order valence-electron chi connectivity index (χ4n) is 1.30. The molecule has 0 fully saturated rings. The van der Waals surface area contributed by atoms with Crippen LogP contribution in [-0.2, 0) is 18.3 Å². The molecule has 0 heterocycles. The molecule has 1 rings (SSSR count). The maximum absolute atomic E-state index is 2.78. The van der Waals surface area contributed by atoms with E-state index in [9.17, 15) is 0 Å². The maximum atomic E-state index is 2.78. The zero-order valence-corrected chi connectivity index (χ0v) is 10.7. The van der Waals surface area contributed by atoms with Crippen LogP contribution in [0.1, 0.15) is 20.8 Å². The van der Waals surface area contributed by atoms with E-state index in [-0.39, 0.29) is 0 Å². The minimum atomic E-state index is 0.698. The number of hydrogen-bond donors (Lipinski definition) is 0. The Kier molecular flexibility index (Phi) is 2.31. The normalized spacial score (nSPS) is 27.0. The van der Waals surface area contributed by atoms with Crippen molar-refractivity contribution in [3.63, 3.8) is 0 Å². The first kappa shape index (κ1) is 8.42. The second kappa shape index (κ2) is 2.75. The van der Waals surface area contributed by atoms with Gasteiger partial charge in [-0.1, -0.05) is 0 Å². The number of rotatable bonds is 0. The number of hydrogen-bond acceptors (Lipinski definition) is 0. The van der Waals surface area contributed by atoms with Crippen molar-refractivity contribution in [2.45, 2.75) is 20.8 Å². The zero-order valence-electron chi connectivity index (χ0n) is 6.93. The van der Waals surface area contributed by atoms with Crippen molar-refractivity contribution in [3.05, 3.63) is 20.5 Å². The summed E-state index contributed by atoms with van der Waals surface area (Å²) in [5.41, 5.74) is 3.12. The molecule has 1 aliphatic rings. The Hall–Kier alpha value is 0.320. The van der Waals surface area contributed by atoms with Gasteiger partial charge in [-0.25, -0.2) is 0 Å². The molecule has 0 spiro atoms. The molecule has 0 saturated carbocycles. The molecular weight excluding hydrogens is 225 g/mol. The molecule has 1 atom stereocenters. The molecule has 1 unspecified atom stereocenters. The van der Waals surface area contributed by atoms with E-state index in [1.165, 1.54) is 10.2 Å². The first-order valence-electron chi connectivity index (χ1n) is 3.58. The fraction of sp³-hybridized carbons (Fsp3) is 0.500. The van der Waals surface area contributed by atoms with Crippen LogP contribution in [0, 0.1) is 5.92 Å². The molecular formula is C8H13RuSi. The van der Waals surface area contributed by atoms with Gasteiger partial charge in [0.25, 0.3) is 0 Å². The van der Waals surface area contributed by atoms with Crippen molar-refractivity contribution in [1.29, 1.82) is 0 Å². The van der Waals surface area contributed by atoms with Crippen LogP contribution in [-0.4, -0.2) is 10.2 Å². The fourth-order valence-corrected chi connectivity index (χ4v) is 2.83. The summed E-state index contributed by atoms with van der Waals surface area (Å²) < 4.78 is 1.54. The summed E-state index contributed by atoms with van der Waals surface area (Å²) in [4.78, 5) is 0. The van der Waals surface area contributed by atoms with E-state index in [0.29, 0.717) is 5.92 Å². The molecule has 2 heteroatoms. The summed E-state index contributed by atoms with van der Waals surface area (Å²) in [6, 6.07) is 0. The molecule has 57 valence electrons. The van der Waals surface area contributed by atoms with Crippen molar-refractivity contribution >= 4 is 10.2 Å². The van der Waals surface area contributed by atoms with Crippen molar-refractivity contribution in [2.75, 3.05) is 0 Å². The molecule has 0 aliphatic heterocycles. The molecule has 0 aromatic carbocycles. The molecule has 0 bridgehead atoms. The summed E-state index contributed by atoms with van der Waals surface area (Å²) in [5, 5.41) is 1.61. The molecule has 0 N–H and O–H groups in total. The summed E-state index contributed by atoms with van der Waals surface area (Å²) in [6.45, 7) is 6.78. The van der Waals surface area contributed by atoms with Crippen LogP contribution >= 0.6 is 0 Å². The summed E-state index contributed by atoms with van der Waals surface area (Å²) in [5.74, 6) is 0.698. The summed E-state index contributed by atoms with van der Waals surface area (Å²) >= 11 is 2.78. The van der Waals surface area contributed by atoms with Crippen LogP contribution in [0.4, 0.5) is 0 Å². The second-order valence-corrected chi connectivity index (χ2v) is 4.93. The molecule has 0 aromatic rings. The van der Waals surface area contributed by atoms with Gasteiger partial charge in [0.05, 0.1) is 0 Å². The van der Waals surface area contributed by atoms with Crippen molar-refractivity contribution < 1.29 is 18.3 Å². The van der Waals surface area contributed by atoms with Gasteiger partial charge in [0.1, 0.15) is 0 Å². The zero-order chi connectivity index (χ0) is 7.89. The van der Waals surface area contributed by atoms with E-state index >= 15 is 0 Å². The van der Waals surface area contributed by atoms with E-state index < -0.39 is 0 Å². The Balaban J connectivity index is 3.09. The summed E-state index contributed by atoms with van der Waals surface area (Å²) in [7, 11) is 1.20. The van der Waals surface area contributed by atoms with Gasteiger partial charge >= 0.3 is 75.7 Å². The number of allylic oxidation sites excluding steroid dienone is 4. The molecule has 0 saturated heterocycles. The van der Waals surface area contributed by atoms with Gasteiger partial charge in [0.2, 0.25) is 0 Å². The Morgan fingerprint density at radius 3 is 2.00 bits per heavy atom. The van der Waals surface area contributed by atoms with Gasteiger partial charge in [-0.3, -0.25) is 0 Å². The predicted molar refractivity (Wildman–Crippen MR) is 44.5 cm³/mol. The van der Waals surface area contributed by atoms with Crippen molar-refractivity contribution in [1.82, 2.24) is 0 Å². The van der Waals surface area contributed by atoms with Gasteiger partial charge in [-0.15, -0.1) is 0 Å². The van der Waals surface area contributed by atoms with Crippen LogP contribution in [0.3, 0.4) is 0 Å². The van der Waals surface area contributed by atoms with Crippen LogP contribution in [0.2, 0.25) is 0 Å². The minimum absolute atomic E-state index is 0.698. The topological polar surface area (TPSA) is 0 Å². The molecule has 0 aromatic heterocycles. The predicted octanol–water partition coefficient (Wildman–Crippen LogP) is 1.10. The van der Waals surface area contributed by atoms with E-state index in [0.717, 1.165) is 0 Å². The van der Waals surface area contributed by atoms with E-state index in [2.05, 4.69) is 39.1 Å². The molecule has 10 heavy (non-hydrogen) atoms. The van der Waals surface area contributed by atoms with Gasteiger partial charge in [0.15, 0.2) is 0 Å². The van der Waals surface area contributed by atoms with Crippen molar-refractivity contribution in [3.8, 4) is 0 Å². The van der Waals surface area contributed by atoms with E-state index in [4.69, 9.17) is 0 Å². The van der Waals surface area contributed by atoms with Crippen LogP contribution in [0.5, 0.6) is 0 Å². The van der Waals surface area contributed by atoms with E-state index in [1.54, 1.807) is 20.5 Å². The third-order valence-corrected chi connectivity index (χ3v) is 6.01. The van der Waals surface area contributed by atoms with Crippen LogP contribution in [0.15, 0.2) is 20.5 Å². The Morgan fingerprint density at radius 1 is 1.40 bits per heavy atom. The Labute approximate surface area is 75.9 Å². The third-order valence-electron chi connectivity index (χ3n) is 2.52. The van der Waals surface area contributed by atoms with Gasteiger partial charge in [-0.05, 0) is 0 Å². The molecule has 1 aliphatic carbocycles. The quantitative estimate of drug-likeness (QED) is 0.554. The van der Waals surface area contributed by atoms with Crippen molar-refractivity contribution in [2.24, 2.45) is 5.92 Å². The summed E-state index contributed by atoms with van der Waals surface area (Å²) in [6.07, 6.45) is 0. The molecule has 0 amide bonds. The van der Waals surface area contributed by atoms with E-state index in [1.807, 2.05) is 0 Å². The molecule has 0 nitrogen and oxygen atoms in total. The van der Waals surface area contributed by atoms with Gasteiger partial charge < -0.3 is 0 Å². The first-order valence-corrected chi connectivity index (χ1v) is 5.45. The monoisotopic (exact) mass is 239 g/mol. The average molecular weight is 238 g/mol. The standard InChI is InChI=1S/C8H13Si.Ru/c1-5-4-8(9)7(3)6(5)2;/h5H,1-3,9H3;. The average Bonchev–Trinajstić information content (AvgIpc) is 2.07.